The molecule has 0 bridgehead atoms. The Labute approximate surface area is 184 Å². The maximum atomic E-state index is 12.7. The molecule has 2 aromatic rings. The van der Waals surface area contributed by atoms with Crippen molar-refractivity contribution in [2.75, 3.05) is 17.2 Å². The van der Waals surface area contributed by atoms with Crippen LogP contribution in [0.2, 0.25) is 0 Å². The molecule has 0 saturated heterocycles. The quantitative estimate of drug-likeness (QED) is 0.541. The first-order valence-corrected chi connectivity index (χ1v) is 10.2. The Hall–Kier alpha value is -3.36. The van der Waals surface area contributed by atoms with Crippen molar-refractivity contribution in [3.63, 3.8) is 0 Å². The molecule has 2 amide bonds. The second kappa shape index (κ2) is 11.3. The zero-order chi connectivity index (χ0) is 23.7. The average molecular weight is 450 g/mol. The van der Waals surface area contributed by atoms with Crippen molar-refractivity contribution < 1.29 is 32.3 Å². The van der Waals surface area contributed by atoms with Crippen LogP contribution in [0.1, 0.15) is 43.4 Å². The summed E-state index contributed by atoms with van der Waals surface area (Å²) in [6.45, 7) is 3.43. The van der Waals surface area contributed by atoms with E-state index in [1.165, 1.54) is 12.1 Å². The Morgan fingerprint density at radius 3 is 2.09 bits per heavy atom. The fraction of sp³-hybridized carbons (Fsp3) is 0.348. The number of benzene rings is 2. The van der Waals surface area contributed by atoms with E-state index in [2.05, 4.69) is 10.6 Å². The molecule has 6 nitrogen and oxygen atoms in total. The van der Waals surface area contributed by atoms with Gasteiger partial charge in [-0.25, -0.2) is 0 Å². The number of carbonyl (C=O) groups excluding carboxylic acids is 3. The van der Waals surface area contributed by atoms with Crippen molar-refractivity contribution in [2.45, 2.75) is 45.7 Å². The van der Waals surface area contributed by atoms with Crippen molar-refractivity contribution >= 4 is 29.2 Å². The van der Waals surface area contributed by atoms with Gasteiger partial charge in [0.2, 0.25) is 5.91 Å². The number of nitrogens with one attached hydrogen (secondary N) is 2. The summed E-state index contributed by atoms with van der Waals surface area (Å²) in [6.07, 6.45) is -3.69. The molecule has 172 valence electrons. The van der Waals surface area contributed by atoms with Gasteiger partial charge in [-0.2, -0.15) is 13.2 Å². The molecule has 9 heteroatoms. The molecule has 0 saturated carbocycles. The molecular weight excluding hydrogens is 425 g/mol. The van der Waals surface area contributed by atoms with Gasteiger partial charge in [0, 0.05) is 17.8 Å². The molecule has 0 aliphatic rings. The first kappa shape index (κ1) is 24.9. The molecule has 32 heavy (non-hydrogen) atoms. The average Bonchev–Trinajstić information content (AvgIpc) is 2.76. The van der Waals surface area contributed by atoms with Gasteiger partial charge in [0.25, 0.3) is 5.91 Å². The maximum Gasteiger partial charge on any atom is 0.416 e. The van der Waals surface area contributed by atoms with E-state index >= 15 is 0 Å². The van der Waals surface area contributed by atoms with E-state index in [-0.39, 0.29) is 18.5 Å². The lowest BCUT2D eigenvalue weighted by molar-refractivity contribution is -0.147. The minimum Gasteiger partial charge on any atom is -0.456 e. The van der Waals surface area contributed by atoms with Crippen LogP contribution in [0.15, 0.2) is 42.5 Å². The Morgan fingerprint density at radius 2 is 1.50 bits per heavy atom. The molecule has 0 radical (unpaired) electrons. The minimum atomic E-state index is -4.53. The Balaban J connectivity index is 1.80. The molecule has 2 rings (SSSR count). The first-order valence-electron chi connectivity index (χ1n) is 10.2. The lowest BCUT2D eigenvalue weighted by atomic mass is 10.0. The summed E-state index contributed by atoms with van der Waals surface area (Å²) in [5, 5.41) is 5.07. The fourth-order valence-electron chi connectivity index (χ4n) is 3.01. The number of anilines is 2. The normalized spacial score (nSPS) is 11.0. The molecule has 0 heterocycles. The first-order chi connectivity index (χ1) is 15.1. The zero-order valence-electron chi connectivity index (χ0n) is 17.8. The Bertz CT molecular complexity index is 952. The molecule has 0 spiro atoms. The van der Waals surface area contributed by atoms with Gasteiger partial charge in [-0.05, 0) is 42.2 Å². The van der Waals surface area contributed by atoms with E-state index in [0.717, 1.165) is 36.1 Å². The minimum absolute atomic E-state index is 0.0288. The van der Waals surface area contributed by atoms with Crippen molar-refractivity contribution in [1.29, 1.82) is 0 Å². The van der Waals surface area contributed by atoms with E-state index < -0.39 is 36.1 Å². The second-order valence-electron chi connectivity index (χ2n) is 6.99. The number of amides is 2. The van der Waals surface area contributed by atoms with Crippen LogP contribution in [0.3, 0.4) is 0 Å². The number of ether oxygens (including phenoxy) is 1. The highest BCUT2D eigenvalue weighted by atomic mass is 19.4. The van der Waals surface area contributed by atoms with Crippen molar-refractivity contribution in [1.82, 2.24) is 0 Å². The molecule has 0 atom stereocenters. The van der Waals surface area contributed by atoms with E-state index in [1.807, 2.05) is 32.0 Å². The van der Waals surface area contributed by atoms with E-state index in [4.69, 9.17) is 4.74 Å². The van der Waals surface area contributed by atoms with Gasteiger partial charge in [-0.15, -0.1) is 0 Å². The number of halogens is 3. The smallest absolute Gasteiger partial charge is 0.416 e. The summed E-state index contributed by atoms with van der Waals surface area (Å²) < 4.78 is 43.1. The van der Waals surface area contributed by atoms with Crippen LogP contribution in [0.5, 0.6) is 0 Å². The van der Waals surface area contributed by atoms with Crippen LogP contribution in [0, 0.1) is 0 Å². The van der Waals surface area contributed by atoms with Crippen molar-refractivity contribution in [3.8, 4) is 0 Å². The lowest BCUT2D eigenvalue weighted by Gasteiger charge is -2.14. The number of carbonyl (C=O) groups is 3. The highest BCUT2D eigenvalue weighted by Gasteiger charge is 2.30. The van der Waals surface area contributed by atoms with Crippen LogP contribution in [-0.4, -0.2) is 24.4 Å². The molecule has 0 unspecified atom stereocenters. The van der Waals surface area contributed by atoms with Crippen LogP contribution in [0.25, 0.3) is 0 Å². The van der Waals surface area contributed by atoms with Crippen LogP contribution in [-0.2, 0) is 38.1 Å². The Kier molecular flexibility index (Phi) is 8.80. The van der Waals surface area contributed by atoms with Gasteiger partial charge in [0.1, 0.15) is 0 Å². The number of esters is 1. The molecule has 0 fully saturated rings. The van der Waals surface area contributed by atoms with E-state index in [9.17, 15) is 27.6 Å². The van der Waals surface area contributed by atoms with Crippen molar-refractivity contribution in [2.24, 2.45) is 0 Å². The van der Waals surface area contributed by atoms with Gasteiger partial charge >= 0.3 is 12.1 Å². The number of aryl methyl sites for hydroxylation is 2. The summed E-state index contributed by atoms with van der Waals surface area (Å²) >= 11 is 0. The molecule has 0 aromatic heterocycles. The highest BCUT2D eigenvalue weighted by molar-refractivity contribution is 5.95. The summed E-state index contributed by atoms with van der Waals surface area (Å²) in [5.41, 5.74) is 1.72. The topological polar surface area (TPSA) is 84.5 Å². The molecule has 0 aliphatic carbocycles. The van der Waals surface area contributed by atoms with E-state index in [0.29, 0.717) is 5.69 Å². The summed E-state index contributed by atoms with van der Waals surface area (Å²) in [7, 11) is 0. The molecule has 2 N–H and O–H groups in total. The number of para-hydroxylation sites is 1. The Morgan fingerprint density at radius 1 is 0.875 bits per heavy atom. The largest absolute Gasteiger partial charge is 0.456 e. The maximum absolute atomic E-state index is 12.7. The third-order valence-electron chi connectivity index (χ3n) is 4.66. The van der Waals surface area contributed by atoms with Gasteiger partial charge in [0.05, 0.1) is 12.0 Å². The summed E-state index contributed by atoms with van der Waals surface area (Å²) in [4.78, 5) is 36.0. The van der Waals surface area contributed by atoms with Gasteiger partial charge < -0.3 is 15.4 Å². The third kappa shape index (κ3) is 7.40. The van der Waals surface area contributed by atoms with Gasteiger partial charge in [-0.1, -0.05) is 38.1 Å². The summed E-state index contributed by atoms with van der Waals surface area (Å²) in [6, 6.07) is 9.91. The van der Waals surface area contributed by atoms with Crippen LogP contribution in [0.4, 0.5) is 24.5 Å². The second-order valence-corrected chi connectivity index (χ2v) is 6.99. The van der Waals surface area contributed by atoms with E-state index in [1.54, 1.807) is 0 Å². The fourth-order valence-corrected chi connectivity index (χ4v) is 3.01. The molecular formula is C23H25F3N2O4. The molecule has 0 aliphatic heterocycles. The van der Waals surface area contributed by atoms with Gasteiger partial charge in [0.15, 0.2) is 6.61 Å². The number of hydrogen-bond donors (Lipinski definition) is 2. The number of hydrogen-bond acceptors (Lipinski definition) is 4. The standard InChI is InChI=1S/C23H25F3N2O4/c1-3-15-7-5-8-16(4-2)22(15)28-20(30)14-32-21(31)12-11-19(29)27-18-10-6-9-17(13-18)23(24,25)26/h5-10,13H,3-4,11-12,14H2,1-2H3,(H,27,29)(H,28,30). The highest BCUT2D eigenvalue weighted by Crippen LogP contribution is 2.30. The molecule has 2 aromatic carbocycles. The monoisotopic (exact) mass is 450 g/mol. The summed E-state index contributed by atoms with van der Waals surface area (Å²) in [5.74, 6) is -1.91. The van der Waals surface area contributed by atoms with Crippen molar-refractivity contribution in [3.05, 3.63) is 59.2 Å². The predicted molar refractivity (Wildman–Crippen MR) is 114 cm³/mol. The van der Waals surface area contributed by atoms with Crippen LogP contribution >= 0.6 is 0 Å². The number of alkyl halides is 3. The van der Waals surface area contributed by atoms with Crippen LogP contribution < -0.4 is 10.6 Å². The third-order valence-corrected chi connectivity index (χ3v) is 4.66. The predicted octanol–water partition coefficient (Wildman–Crippen LogP) is 4.73. The number of rotatable bonds is 9. The van der Waals surface area contributed by atoms with Gasteiger partial charge in [-0.3, -0.25) is 14.4 Å². The zero-order valence-corrected chi connectivity index (χ0v) is 17.8. The SMILES string of the molecule is CCc1cccc(CC)c1NC(=O)COC(=O)CCC(=O)Nc1cccc(C(F)(F)F)c1. The lowest BCUT2D eigenvalue weighted by Crippen LogP contribution is -2.23.